The van der Waals surface area contributed by atoms with Gasteiger partial charge in [0, 0.05) is 25.6 Å². The molecule has 1 unspecified atom stereocenters. The van der Waals surface area contributed by atoms with E-state index < -0.39 is 5.97 Å². The summed E-state index contributed by atoms with van der Waals surface area (Å²) in [5, 5.41) is 8.63. The zero-order valence-electron chi connectivity index (χ0n) is 12.9. The molecule has 0 heterocycles. The van der Waals surface area contributed by atoms with E-state index in [1.807, 2.05) is 31.2 Å². The van der Waals surface area contributed by atoms with Crippen LogP contribution >= 0.6 is 0 Å². The maximum absolute atomic E-state index is 12.2. The van der Waals surface area contributed by atoms with E-state index in [1.165, 1.54) is 0 Å². The number of carbonyl (C=O) groups is 2. The number of amides is 1. The lowest BCUT2D eigenvalue weighted by Crippen LogP contribution is -2.31. The van der Waals surface area contributed by atoms with Gasteiger partial charge in [0.15, 0.2) is 0 Å². The fourth-order valence-electron chi connectivity index (χ4n) is 2.25. The molecular weight excluding hydrogens is 266 g/mol. The highest BCUT2D eigenvalue weighted by molar-refractivity contribution is 5.85. The van der Waals surface area contributed by atoms with E-state index in [2.05, 4.69) is 6.92 Å². The van der Waals surface area contributed by atoms with Crippen molar-refractivity contribution in [2.45, 2.75) is 33.2 Å². The molecule has 0 saturated carbocycles. The van der Waals surface area contributed by atoms with Crippen molar-refractivity contribution in [1.82, 2.24) is 4.90 Å². The van der Waals surface area contributed by atoms with Gasteiger partial charge in [0.05, 0.1) is 0 Å². The van der Waals surface area contributed by atoms with Crippen LogP contribution in [0.25, 0.3) is 6.08 Å². The minimum atomic E-state index is -0.971. The summed E-state index contributed by atoms with van der Waals surface area (Å²) in [7, 11) is 1.80. The van der Waals surface area contributed by atoms with Gasteiger partial charge < -0.3 is 10.0 Å². The molecule has 1 amide bonds. The molecule has 0 aliphatic rings. The summed E-state index contributed by atoms with van der Waals surface area (Å²) < 4.78 is 0. The Bertz CT molecular complexity index is 523. The molecule has 1 aromatic carbocycles. The minimum absolute atomic E-state index is 0.0371. The molecule has 0 radical (unpaired) electrons. The highest BCUT2D eigenvalue weighted by Gasteiger charge is 2.16. The Morgan fingerprint density at radius 2 is 2.10 bits per heavy atom. The summed E-state index contributed by atoms with van der Waals surface area (Å²) >= 11 is 0. The van der Waals surface area contributed by atoms with Gasteiger partial charge in [-0.2, -0.15) is 0 Å². The van der Waals surface area contributed by atoms with Crippen molar-refractivity contribution in [3.05, 3.63) is 41.5 Å². The number of aliphatic carboxylic acids is 1. The van der Waals surface area contributed by atoms with Gasteiger partial charge in [0.1, 0.15) is 0 Å². The summed E-state index contributed by atoms with van der Waals surface area (Å²) in [5.41, 5.74) is 1.81. The molecule has 0 aliphatic carbocycles. The number of rotatable bonds is 7. The molecule has 0 bridgehead atoms. The van der Waals surface area contributed by atoms with Crippen LogP contribution in [0.15, 0.2) is 30.3 Å². The lowest BCUT2D eigenvalue weighted by molar-refractivity contribution is -0.134. The Hall–Kier alpha value is -2.10. The molecule has 4 nitrogen and oxygen atoms in total. The Balaban J connectivity index is 2.72. The molecule has 1 rings (SSSR count). The average molecular weight is 289 g/mol. The van der Waals surface area contributed by atoms with Crippen molar-refractivity contribution in [3.8, 4) is 0 Å². The number of hydrogen-bond donors (Lipinski definition) is 1. The number of carboxylic acid groups (broad SMARTS) is 1. The molecule has 1 N–H and O–H groups in total. The van der Waals surface area contributed by atoms with Gasteiger partial charge in [0.25, 0.3) is 0 Å². The van der Waals surface area contributed by atoms with Gasteiger partial charge in [-0.05, 0) is 29.7 Å². The first-order valence-electron chi connectivity index (χ1n) is 7.19. The fraction of sp³-hybridized carbons (Fsp3) is 0.412. The van der Waals surface area contributed by atoms with E-state index >= 15 is 0 Å². The van der Waals surface area contributed by atoms with Crippen LogP contribution in [-0.4, -0.2) is 28.9 Å². The van der Waals surface area contributed by atoms with E-state index in [0.717, 1.165) is 30.0 Å². The first-order valence-corrected chi connectivity index (χ1v) is 7.19. The van der Waals surface area contributed by atoms with E-state index in [-0.39, 0.29) is 11.8 Å². The molecule has 1 aromatic rings. The van der Waals surface area contributed by atoms with Crippen LogP contribution in [0.3, 0.4) is 0 Å². The fourth-order valence-corrected chi connectivity index (χ4v) is 2.25. The number of carbonyl (C=O) groups excluding carboxylic acids is 1. The molecule has 114 valence electrons. The van der Waals surface area contributed by atoms with Gasteiger partial charge in [0.2, 0.25) is 5.91 Å². The van der Waals surface area contributed by atoms with Crippen molar-refractivity contribution in [3.63, 3.8) is 0 Å². The molecule has 21 heavy (non-hydrogen) atoms. The molecule has 0 aromatic heterocycles. The van der Waals surface area contributed by atoms with Crippen LogP contribution in [0, 0.1) is 5.92 Å². The monoisotopic (exact) mass is 289 g/mol. The van der Waals surface area contributed by atoms with E-state index in [0.29, 0.717) is 6.54 Å². The third-order valence-electron chi connectivity index (χ3n) is 3.31. The second-order valence-corrected chi connectivity index (χ2v) is 5.30. The standard InChI is InChI=1S/C17H23NO3/c1-4-6-13(2)17(21)18(3)12-15-8-5-7-14(11-15)9-10-16(19)20/h5,7-11,13H,4,6,12H2,1-3H3,(H,19,20). The normalized spacial score (nSPS) is 12.3. The Morgan fingerprint density at radius 3 is 2.71 bits per heavy atom. The van der Waals surface area contributed by atoms with E-state index in [9.17, 15) is 9.59 Å². The second-order valence-electron chi connectivity index (χ2n) is 5.30. The Morgan fingerprint density at radius 1 is 1.38 bits per heavy atom. The van der Waals surface area contributed by atoms with Crippen LogP contribution < -0.4 is 0 Å². The zero-order valence-corrected chi connectivity index (χ0v) is 12.9. The van der Waals surface area contributed by atoms with Crippen molar-refractivity contribution in [2.75, 3.05) is 7.05 Å². The summed E-state index contributed by atoms with van der Waals surface area (Å²) in [6.07, 6.45) is 4.55. The molecule has 0 aliphatic heterocycles. The predicted octanol–water partition coefficient (Wildman–Crippen LogP) is 3.18. The molecule has 0 fully saturated rings. The lowest BCUT2D eigenvalue weighted by atomic mass is 10.0. The maximum atomic E-state index is 12.2. The number of hydrogen-bond acceptors (Lipinski definition) is 2. The molecule has 0 saturated heterocycles. The zero-order chi connectivity index (χ0) is 15.8. The maximum Gasteiger partial charge on any atom is 0.328 e. The van der Waals surface area contributed by atoms with E-state index in [4.69, 9.17) is 5.11 Å². The average Bonchev–Trinajstić information content (AvgIpc) is 2.45. The minimum Gasteiger partial charge on any atom is -0.478 e. The van der Waals surface area contributed by atoms with E-state index in [1.54, 1.807) is 18.0 Å². The number of benzene rings is 1. The Labute approximate surface area is 126 Å². The molecule has 4 heteroatoms. The quantitative estimate of drug-likeness (QED) is 0.784. The summed E-state index contributed by atoms with van der Waals surface area (Å²) in [5.74, 6) is -0.792. The molecule has 0 spiro atoms. The van der Waals surface area contributed by atoms with Crippen LogP contribution in [-0.2, 0) is 16.1 Å². The molecule has 1 atom stereocenters. The first kappa shape index (κ1) is 17.0. The predicted molar refractivity (Wildman–Crippen MR) is 83.7 cm³/mol. The van der Waals surface area contributed by atoms with Gasteiger partial charge in [-0.3, -0.25) is 4.79 Å². The number of carboxylic acids is 1. The highest BCUT2D eigenvalue weighted by atomic mass is 16.4. The van der Waals surface area contributed by atoms with Crippen molar-refractivity contribution in [1.29, 1.82) is 0 Å². The summed E-state index contributed by atoms with van der Waals surface area (Å²) in [6.45, 7) is 4.55. The third kappa shape index (κ3) is 5.81. The Kier molecular flexibility index (Phi) is 6.66. The lowest BCUT2D eigenvalue weighted by Gasteiger charge is -2.21. The second kappa shape index (κ2) is 8.25. The van der Waals surface area contributed by atoms with Crippen LogP contribution in [0.2, 0.25) is 0 Å². The van der Waals surface area contributed by atoms with Gasteiger partial charge in [-0.1, -0.05) is 38.5 Å². The van der Waals surface area contributed by atoms with Crippen LogP contribution in [0.4, 0.5) is 0 Å². The highest BCUT2D eigenvalue weighted by Crippen LogP contribution is 2.13. The van der Waals surface area contributed by atoms with Crippen molar-refractivity contribution >= 4 is 18.0 Å². The largest absolute Gasteiger partial charge is 0.478 e. The van der Waals surface area contributed by atoms with Crippen LogP contribution in [0.5, 0.6) is 0 Å². The number of nitrogens with zero attached hydrogens (tertiary/aromatic N) is 1. The SMILES string of the molecule is CCCC(C)C(=O)N(C)Cc1cccc(C=CC(=O)O)c1. The topological polar surface area (TPSA) is 57.6 Å². The van der Waals surface area contributed by atoms with Gasteiger partial charge in [-0.15, -0.1) is 0 Å². The smallest absolute Gasteiger partial charge is 0.328 e. The third-order valence-corrected chi connectivity index (χ3v) is 3.31. The van der Waals surface area contributed by atoms with Crippen molar-refractivity contribution < 1.29 is 14.7 Å². The summed E-state index contributed by atoms with van der Waals surface area (Å²) in [4.78, 5) is 24.4. The molecular formula is C17H23NO3. The van der Waals surface area contributed by atoms with Crippen LogP contribution in [0.1, 0.15) is 37.8 Å². The van der Waals surface area contributed by atoms with Crippen molar-refractivity contribution in [2.24, 2.45) is 5.92 Å². The summed E-state index contributed by atoms with van der Waals surface area (Å²) in [6, 6.07) is 7.54. The van der Waals surface area contributed by atoms with Gasteiger partial charge >= 0.3 is 5.97 Å². The first-order chi connectivity index (χ1) is 9.93. The van der Waals surface area contributed by atoms with Gasteiger partial charge in [-0.25, -0.2) is 4.79 Å².